The molecule has 2 aromatic heterocycles. The molecule has 9 nitrogen and oxygen atoms in total. The number of amides is 1. The smallest absolute Gasteiger partial charge is 0.410 e. The first-order valence-corrected chi connectivity index (χ1v) is 14.3. The van der Waals surface area contributed by atoms with Crippen molar-refractivity contribution in [2.45, 2.75) is 70.2 Å². The fourth-order valence-electron chi connectivity index (χ4n) is 5.42. The van der Waals surface area contributed by atoms with Gasteiger partial charge in [-0.1, -0.05) is 17.7 Å². The molecule has 3 aromatic rings. The number of carbonyl (C=O) groups is 1. The van der Waals surface area contributed by atoms with E-state index in [4.69, 9.17) is 21.1 Å². The van der Waals surface area contributed by atoms with Crippen molar-refractivity contribution >= 4 is 23.6 Å². The quantitative estimate of drug-likeness (QED) is 0.399. The van der Waals surface area contributed by atoms with Gasteiger partial charge in [-0.25, -0.2) is 19.2 Å². The van der Waals surface area contributed by atoms with E-state index in [1.165, 1.54) is 18.2 Å². The van der Waals surface area contributed by atoms with E-state index in [1.807, 2.05) is 20.8 Å². The predicted octanol–water partition coefficient (Wildman–Crippen LogP) is 5.68. The monoisotopic (exact) mass is 583 g/mol. The number of rotatable bonds is 6. The van der Waals surface area contributed by atoms with Gasteiger partial charge in [-0.2, -0.15) is 0 Å². The Kier molecular flexibility index (Phi) is 8.60. The summed E-state index contributed by atoms with van der Waals surface area (Å²) in [5.41, 5.74) is 0.772. The Morgan fingerprint density at radius 2 is 1.95 bits per heavy atom. The van der Waals surface area contributed by atoms with Crippen molar-refractivity contribution in [2.75, 3.05) is 25.1 Å². The van der Waals surface area contributed by atoms with E-state index in [0.717, 1.165) is 19.3 Å². The molecular weight excluding hydrogens is 549 g/mol. The van der Waals surface area contributed by atoms with Gasteiger partial charge in [0.1, 0.15) is 11.4 Å². The van der Waals surface area contributed by atoms with E-state index in [1.54, 1.807) is 40.1 Å². The van der Waals surface area contributed by atoms with Gasteiger partial charge in [0.15, 0.2) is 0 Å². The molecule has 2 atom stereocenters. The number of aromatic nitrogens is 3. The maximum Gasteiger partial charge on any atom is 0.410 e. The Morgan fingerprint density at radius 3 is 2.66 bits per heavy atom. The Balaban J connectivity index is 1.48. The number of pyridine rings is 1. The summed E-state index contributed by atoms with van der Waals surface area (Å²) in [5, 5.41) is 3.34. The molecule has 2 fully saturated rings. The van der Waals surface area contributed by atoms with Crippen LogP contribution in [0.2, 0.25) is 5.02 Å². The van der Waals surface area contributed by atoms with Crippen molar-refractivity contribution < 1.29 is 18.7 Å². The van der Waals surface area contributed by atoms with Gasteiger partial charge in [0.25, 0.3) is 5.56 Å². The second-order valence-corrected chi connectivity index (χ2v) is 11.9. The SMILES string of the molecule is CC(C)(C)OC(=O)N1CCC[C@@H]1[C@H](c1ccc(Cl)c(F)c1)n1ccc(-c2ccnc(NC3CCOCC3)n2)cc1=O. The van der Waals surface area contributed by atoms with Crippen LogP contribution in [-0.2, 0) is 9.47 Å². The topological polar surface area (TPSA) is 98.6 Å². The van der Waals surface area contributed by atoms with E-state index >= 15 is 0 Å². The highest BCUT2D eigenvalue weighted by Crippen LogP contribution is 2.34. The van der Waals surface area contributed by atoms with Crippen molar-refractivity contribution in [1.29, 1.82) is 0 Å². The van der Waals surface area contributed by atoms with Crippen molar-refractivity contribution in [3.8, 4) is 11.3 Å². The van der Waals surface area contributed by atoms with Gasteiger partial charge in [-0.05, 0) is 76.3 Å². The van der Waals surface area contributed by atoms with Gasteiger partial charge in [0, 0.05) is 49.8 Å². The molecular formula is C30H35ClFN5O4. The molecule has 2 aliphatic rings. The summed E-state index contributed by atoms with van der Waals surface area (Å²) in [4.78, 5) is 37.4. The van der Waals surface area contributed by atoms with Crippen molar-refractivity contribution in [2.24, 2.45) is 0 Å². The van der Waals surface area contributed by atoms with Crippen LogP contribution in [0.15, 0.2) is 53.6 Å². The number of ether oxygens (including phenoxy) is 2. The molecule has 5 rings (SSSR count). The first-order chi connectivity index (χ1) is 19.6. The summed E-state index contributed by atoms with van der Waals surface area (Å²) in [6.07, 6.45) is 5.97. The fourth-order valence-corrected chi connectivity index (χ4v) is 5.54. The minimum Gasteiger partial charge on any atom is -0.444 e. The molecule has 1 amide bonds. The van der Waals surface area contributed by atoms with Crippen LogP contribution in [0.25, 0.3) is 11.3 Å². The molecule has 1 aromatic carbocycles. The van der Waals surface area contributed by atoms with Crippen LogP contribution >= 0.6 is 11.6 Å². The van der Waals surface area contributed by atoms with Gasteiger partial charge in [0.05, 0.1) is 22.8 Å². The highest BCUT2D eigenvalue weighted by Gasteiger charge is 2.39. The van der Waals surface area contributed by atoms with Crippen LogP contribution in [0.1, 0.15) is 58.1 Å². The zero-order valence-corrected chi connectivity index (χ0v) is 24.2. The molecule has 0 aliphatic carbocycles. The Hall–Kier alpha value is -3.50. The first kappa shape index (κ1) is 29.0. The lowest BCUT2D eigenvalue weighted by molar-refractivity contribution is 0.0195. The van der Waals surface area contributed by atoms with Gasteiger partial charge in [-0.15, -0.1) is 0 Å². The number of nitrogens with zero attached hydrogens (tertiary/aromatic N) is 4. The van der Waals surface area contributed by atoms with E-state index < -0.39 is 29.6 Å². The molecule has 11 heteroatoms. The highest BCUT2D eigenvalue weighted by atomic mass is 35.5. The second kappa shape index (κ2) is 12.2. The number of anilines is 1. The molecule has 0 radical (unpaired) electrons. The van der Waals surface area contributed by atoms with Gasteiger partial charge in [0.2, 0.25) is 5.95 Å². The van der Waals surface area contributed by atoms with E-state index in [2.05, 4.69) is 15.3 Å². The lowest BCUT2D eigenvalue weighted by atomic mass is 9.96. The number of likely N-dealkylation sites (tertiary alicyclic amines) is 1. The number of halogens is 2. The number of carbonyl (C=O) groups excluding carboxylic acids is 1. The molecule has 0 unspecified atom stereocenters. The third-order valence-electron chi connectivity index (χ3n) is 7.33. The molecule has 218 valence electrons. The third kappa shape index (κ3) is 6.87. The lowest BCUT2D eigenvalue weighted by Crippen LogP contribution is -2.45. The van der Waals surface area contributed by atoms with Crippen molar-refractivity contribution in [3.63, 3.8) is 0 Å². The standard InChI is InChI=1S/C30H35ClFN5O4/c1-30(2,3)41-29(39)36-13-4-5-25(36)27(20-6-7-22(31)23(32)17-20)37-14-9-19(18-26(37)38)24-8-12-33-28(35-24)34-21-10-15-40-16-11-21/h6-9,12,14,17-18,21,25,27H,4-5,10-11,13,15-16H2,1-3H3,(H,33,34,35)/t25-,27+/m1/s1. The summed E-state index contributed by atoms with van der Waals surface area (Å²) in [5.74, 6) is -0.0988. The molecule has 2 saturated heterocycles. The van der Waals surface area contributed by atoms with Crippen molar-refractivity contribution in [1.82, 2.24) is 19.4 Å². The third-order valence-corrected chi connectivity index (χ3v) is 7.64. The Morgan fingerprint density at radius 1 is 1.17 bits per heavy atom. The largest absolute Gasteiger partial charge is 0.444 e. The fraction of sp³-hybridized carbons (Fsp3) is 0.467. The number of hydrogen-bond acceptors (Lipinski definition) is 7. The lowest BCUT2D eigenvalue weighted by Gasteiger charge is -2.34. The average Bonchev–Trinajstić information content (AvgIpc) is 3.41. The Bertz CT molecular complexity index is 1450. The summed E-state index contributed by atoms with van der Waals surface area (Å²) >= 11 is 5.99. The van der Waals surface area contributed by atoms with Crippen LogP contribution in [0.3, 0.4) is 0 Å². The summed E-state index contributed by atoms with van der Waals surface area (Å²) in [6.45, 7) is 7.29. The molecule has 0 bridgehead atoms. The summed E-state index contributed by atoms with van der Waals surface area (Å²) < 4.78 is 27.3. The summed E-state index contributed by atoms with van der Waals surface area (Å²) in [7, 11) is 0. The van der Waals surface area contributed by atoms with E-state index in [0.29, 0.717) is 48.9 Å². The van der Waals surface area contributed by atoms with Crippen LogP contribution in [-0.4, -0.2) is 63.0 Å². The molecule has 41 heavy (non-hydrogen) atoms. The summed E-state index contributed by atoms with van der Waals surface area (Å²) in [6, 6.07) is 8.70. The van der Waals surface area contributed by atoms with Crippen LogP contribution in [0.5, 0.6) is 0 Å². The zero-order chi connectivity index (χ0) is 29.1. The van der Waals surface area contributed by atoms with E-state index in [9.17, 15) is 14.0 Å². The molecule has 0 saturated carbocycles. The van der Waals surface area contributed by atoms with Gasteiger partial charge >= 0.3 is 6.09 Å². The second-order valence-electron chi connectivity index (χ2n) is 11.5. The number of nitrogens with one attached hydrogen (secondary N) is 1. The van der Waals surface area contributed by atoms with Crippen LogP contribution in [0.4, 0.5) is 15.1 Å². The number of benzene rings is 1. The normalized spacial score (nSPS) is 18.8. The molecule has 0 spiro atoms. The predicted molar refractivity (Wildman–Crippen MR) is 155 cm³/mol. The van der Waals surface area contributed by atoms with E-state index in [-0.39, 0.29) is 16.6 Å². The zero-order valence-electron chi connectivity index (χ0n) is 23.5. The molecule has 4 heterocycles. The minimum atomic E-state index is -0.680. The highest BCUT2D eigenvalue weighted by molar-refractivity contribution is 6.30. The van der Waals surface area contributed by atoms with Crippen LogP contribution in [0, 0.1) is 5.82 Å². The van der Waals surface area contributed by atoms with Gasteiger partial charge < -0.3 is 24.3 Å². The Labute approximate surface area is 243 Å². The maximum atomic E-state index is 14.7. The van der Waals surface area contributed by atoms with Crippen molar-refractivity contribution in [3.05, 3.63) is 75.5 Å². The maximum absolute atomic E-state index is 14.7. The average molecular weight is 584 g/mol. The molecule has 1 N–H and O–H groups in total. The minimum absolute atomic E-state index is 0.0143. The molecule has 2 aliphatic heterocycles. The van der Waals surface area contributed by atoms with Crippen LogP contribution < -0.4 is 10.9 Å². The first-order valence-electron chi connectivity index (χ1n) is 13.9. The van der Waals surface area contributed by atoms with Gasteiger partial charge in [-0.3, -0.25) is 4.79 Å². The number of hydrogen-bond donors (Lipinski definition) is 1.